The number of hydrogen-bond donors (Lipinski definition) is 2. The highest BCUT2D eigenvalue weighted by atomic mass is 16.5. The van der Waals surface area contributed by atoms with Crippen LogP contribution >= 0.6 is 0 Å². The van der Waals surface area contributed by atoms with Gasteiger partial charge in [-0.2, -0.15) is 5.10 Å². The highest BCUT2D eigenvalue weighted by Gasteiger charge is 2.07. The van der Waals surface area contributed by atoms with Gasteiger partial charge in [-0.15, -0.1) is 0 Å². The maximum atomic E-state index is 11.5. The van der Waals surface area contributed by atoms with Crippen LogP contribution in [0.25, 0.3) is 0 Å². The zero-order chi connectivity index (χ0) is 10.7. The van der Waals surface area contributed by atoms with Gasteiger partial charge in [-0.25, -0.2) is 0 Å². The first-order valence-electron chi connectivity index (χ1n) is 4.45. The SMILES string of the molecule is Cc1cc(CNC(=O)c2cn[nH]c2)on1. The molecule has 6 nitrogen and oxygen atoms in total. The average Bonchev–Trinajstić information content (AvgIpc) is 2.84. The summed E-state index contributed by atoms with van der Waals surface area (Å²) in [6.07, 6.45) is 2.99. The fraction of sp³-hybridized carbons (Fsp3) is 0.222. The van der Waals surface area contributed by atoms with E-state index in [1.165, 1.54) is 12.4 Å². The summed E-state index contributed by atoms with van der Waals surface area (Å²) in [7, 11) is 0. The molecule has 0 saturated heterocycles. The number of aromatic amines is 1. The van der Waals surface area contributed by atoms with Gasteiger partial charge in [0.2, 0.25) is 0 Å². The van der Waals surface area contributed by atoms with Gasteiger partial charge in [-0.1, -0.05) is 5.16 Å². The second-order valence-corrected chi connectivity index (χ2v) is 3.10. The predicted molar refractivity (Wildman–Crippen MR) is 51.0 cm³/mol. The zero-order valence-electron chi connectivity index (χ0n) is 8.15. The van der Waals surface area contributed by atoms with Crippen molar-refractivity contribution >= 4 is 5.91 Å². The summed E-state index contributed by atoms with van der Waals surface area (Å²) in [5.74, 6) is 0.433. The maximum Gasteiger partial charge on any atom is 0.254 e. The first-order valence-corrected chi connectivity index (χ1v) is 4.45. The number of nitrogens with zero attached hydrogens (tertiary/aromatic N) is 2. The van der Waals surface area contributed by atoms with Crippen LogP contribution in [0.3, 0.4) is 0 Å². The highest BCUT2D eigenvalue weighted by Crippen LogP contribution is 2.02. The van der Waals surface area contributed by atoms with Crippen LogP contribution < -0.4 is 5.32 Å². The first kappa shape index (κ1) is 9.45. The van der Waals surface area contributed by atoms with Crippen LogP contribution in [-0.4, -0.2) is 21.3 Å². The number of nitrogens with one attached hydrogen (secondary N) is 2. The number of aromatic nitrogens is 3. The third-order valence-corrected chi connectivity index (χ3v) is 1.86. The summed E-state index contributed by atoms with van der Waals surface area (Å²) < 4.78 is 4.94. The second-order valence-electron chi connectivity index (χ2n) is 3.10. The van der Waals surface area contributed by atoms with Crippen molar-refractivity contribution in [2.24, 2.45) is 0 Å². The lowest BCUT2D eigenvalue weighted by Gasteiger charge is -1.98. The van der Waals surface area contributed by atoms with E-state index in [9.17, 15) is 4.79 Å². The number of amides is 1. The van der Waals surface area contributed by atoms with Crippen LogP contribution in [0.5, 0.6) is 0 Å². The predicted octanol–water partition coefficient (Wildman–Crippen LogP) is 0.636. The van der Waals surface area contributed by atoms with Gasteiger partial charge in [-0.3, -0.25) is 9.89 Å². The number of aryl methyl sites for hydroxylation is 1. The molecular weight excluding hydrogens is 196 g/mol. The Morgan fingerprint density at radius 2 is 2.53 bits per heavy atom. The minimum absolute atomic E-state index is 0.196. The third kappa shape index (κ3) is 2.22. The molecule has 2 heterocycles. The number of hydrogen-bond acceptors (Lipinski definition) is 4. The molecule has 0 unspecified atom stereocenters. The number of rotatable bonds is 3. The van der Waals surface area contributed by atoms with Gasteiger partial charge in [0.25, 0.3) is 5.91 Å². The minimum Gasteiger partial charge on any atom is -0.359 e. The van der Waals surface area contributed by atoms with Crippen molar-refractivity contribution in [2.75, 3.05) is 0 Å². The molecular formula is C9H10N4O2. The van der Waals surface area contributed by atoms with E-state index >= 15 is 0 Å². The Bertz CT molecular complexity index is 446. The van der Waals surface area contributed by atoms with E-state index in [1.807, 2.05) is 6.92 Å². The van der Waals surface area contributed by atoms with Crippen molar-refractivity contribution in [1.29, 1.82) is 0 Å². The van der Waals surface area contributed by atoms with E-state index in [1.54, 1.807) is 6.07 Å². The number of H-pyrrole nitrogens is 1. The van der Waals surface area contributed by atoms with E-state index in [0.717, 1.165) is 5.69 Å². The van der Waals surface area contributed by atoms with Crippen molar-refractivity contribution in [3.63, 3.8) is 0 Å². The summed E-state index contributed by atoms with van der Waals surface area (Å²) in [5, 5.41) is 12.6. The van der Waals surface area contributed by atoms with Gasteiger partial charge in [-0.05, 0) is 6.92 Å². The lowest BCUT2D eigenvalue weighted by Crippen LogP contribution is -2.21. The molecule has 0 aliphatic rings. The van der Waals surface area contributed by atoms with Crippen molar-refractivity contribution in [1.82, 2.24) is 20.7 Å². The molecule has 1 amide bonds. The van der Waals surface area contributed by atoms with Gasteiger partial charge in [0.1, 0.15) is 0 Å². The van der Waals surface area contributed by atoms with Gasteiger partial charge in [0.15, 0.2) is 5.76 Å². The molecule has 0 atom stereocenters. The van der Waals surface area contributed by atoms with Crippen molar-refractivity contribution in [3.05, 3.63) is 35.5 Å². The van der Waals surface area contributed by atoms with E-state index < -0.39 is 0 Å². The standard InChI is InChI=1S/C9H10N4O2/c1-6-2-8(15-13-6)5-10-9(14)7-3-11-12-4-7/h2-4H,5H2,1H3,(H,10,14)(H,11,12). The lowest BCUT2D eigenvalue weighted by atomic mass is 10.3. The Balaban J connectivity index is 1.91. The molecule has 0 spiro atoms. The van der Waals surface area contributed by atoms with Gasteiger partial charge < -0.3 is 9.84 Å². The molecule has 78 valence electrons. The molecule has 2 rings (SSSR count). The number of carbonyl (C=O) groups is 1. The van der Waals surface area contributed by atoms with Crippen molar-refractivity contribution in [3.8, 4) is 0 Å². The molecule has 2 aromatic heterocycles. The first-order chi connectivity index (χ1) is 7.25. The van der Waals surface area contributed by atoms with Crippen LogP contribution in [-0.2, 0) is 6.54 Å². The maximum absolute atomic E-state index is 11.5. The third-order valence-electron chi connectivity index (χ3n) is 1.86. The highest BCUT2D eigenvalue weighted by molar-refractivity contribution is 5.93. The number of carbonyl (C=O) groups excluding carboxylic acids is 1. The van der Waals surface area contributed by atoms with Crippen LogP contribution in [0.1, 0.15) is 21.8 Å². The Morgan fingerprint density at radius 3 is 3.13 bits per heavy atom. The molecule has 0 bridgehead atoms. The quantitative estimate of drug-likeness (QED) is 0.771. The summed E-state index contributed by atoms with van der Waals surface area (Å²) in [5.41, 5.74) is 1.29. The van der Waals surface area contributed by atoms with E-state index in [0.29, 0.717) is 17.9 Å². The minimum atomic E-state index is -0.196. The molecule has 0 aromatic carbocycles. The van der Waals surface area contributed by atoms with Gasteiger partial charge in [0.05, 0.1) is 24.0 Å². The largest absolute Gasteiger partial charge is 0.359 e. The smallest absolute Gasteiger partial charge is 0.254 e. The van der Waals surface area contributed by atoms with Crippen molar-refractivity contribution in [2.45, 2.75) is 13.5 Å². The molecule has 0 radical (unpaired) electrons. The Hall–Kier alpha value is -2.11. The molecule has 6 heteroatoms. The van der Waals surface area contributed by atoms with Crippen LogP contribution in [0, 0.1) is 6.92 Å². The fourth-order valence-electron chi connectivity index (χ4n) is 1.14. The fourth-order valence-corrected chi connectivity index (χ4v) is 1.14. The van der Waals surface area contributed by atoms with E-state index in [2.05, 4.69) is 20.7 Å². The molecule has 15 heavy (non-hydrogen) atoms. The van der Waals surface area contributed by atoms with E-state index in [4.69, 9.17) is 4.52 Å². The summed E-state index contributed by atoms with van der Waals surface area (Å²) in [6, 6.07) is 1.77. The molecule has 0 saturated carbocycles. The van der Waals surface area contributed by atoms with Crippen LogP contribution in [0.15, 0.2) is 23.0 Å². The summed E-state index contributed by atoms with van der Waals surface area (Å²) in [4.78, 5) is 11.5. The van der Waals surface area contributed by atoms with Crippen molar-refractivity contribution < 1.29 is 9.32 Å². The lowest BCUT2D eigenvalue weighted by molar-refractivity contribution is 0.0947. The van der Waals surface area contributed by atoms with Crippen LogP contribution in [0.4, 0.5) is 0 Å². The van der Waals surface area contributed by atoms with Gasteiger partial charge >= 0.3 is 0 Å². The van der Waals surface area contributed by atoms with Gasteiger partial charge in [0, 0.05) is 12.3 Å². The zero-order valence-corrected chi connectivity index (χ0v) is 8.15. The summed E-state index contributed by atoms with van der Waals surface area (Å²) in [6.45, 7) is 2.15. The Morgan fingerprint density at radius 1 is 1.67 bits per heavy atom. The topological polar surface area (TPSA) is 83.8 Å². The normalized spacial score (nSPS) is 10.2. The molecule has 0 fully saturated rings. The average molecular weight is 206 g/mol. The monoisotopic (exact) mass is 206 g/mol. The summed E-state index contributed by atoms with van der Waals surface area (Å²) >= 11 is 0. The second kappa shape index (κ2) is 3.95. The van der Waals surface area contributed by atoms with E-state index in [-0.39, 0.29) is 5.91 Å². The molecule has 0 aliphatic heterocycles. The molecule has 2 aromatic rings. The van der Waals surface area contributed by atoms with Crippen LogP contribution in [0.2, 0.25) is 0 Å². The Kier molecular flexibility index (Phi) is 2.49. The molecule has 0 aliphatic carbocycles. The molecule has 2 N–H and O–H groups in total. The Labute approximate surface area is 85.7 Å².